The Morgan fingerprint density at radius 2 is 2.00 bits per heavy atom. The van der Waals surface area contributed by atoms with Crippen LogP contribution in [0.1, 0.15) is 23.3 Å². The summed E-state index contributed by atoms with van der Waals surface area (Å²) in [5.74, 6) is 0.361. The average Bonchev–Trinajstić information content (AvgIpc) is 3.14. The van der Waals surface area contributed by atoms with Gasteiger partial charge in [0.1, 0.15) is 5.82 Å². The summed E-state index contributed by atoms with van der Waals surface area (Å²) in [5, 5.41) is 5.88. The summed E-state index contributed by atoms with van der Waals surface area (Å²) in [7, 11) is 0. The first-order valence-corrected chi connectivity index (χ1v) is 9.56. The third kappa shape index (κ3) is 3.60. The van der Waals surface area contributed by atoms with Gasteiger partial charge in [0.15, 0.2) is 0 Å². The Bertz CT molecular complexity index is 966. The third-order valence-electron chi connectivity index (χ3n) is 4.59. The van der Waals surface area contributed by atoms with Gasteiger partial charge in [-0.15, -0.1) is 11.3 Å². The Kier molecular flexibility index (Phi) is 4.67. The number of amides is 2. The van der Waals surface area contributed by atoms with Crippen LogP contribution in [0, 0.1) is 0 Å². The molecule has 6 heteroatoms. The van der Waals surface area contributed by atoms with Crippen molar-refractivity contribution in [3.63, 3.8) is 0 Å². The minimum Gasteiger partial charge on any atom is -0.338 e. The monoisotopic (exact) mass is 365 g/mol. The molecule has 4 rings (SSSR count). The van der Waals surface area contributed by atoms with E-state index in [0.717, 1.165) is 23.9 Å². The highest BCUT2D eigenvalue weighted by Crippen LogP contribution is 2.24. The zero-order valence-electron chi connectivity index (χ0n) is 14.3. The number of nitrogens with zero attached hydrogens (tertiary/aromatic N) is 2. The quantitative estimate of drug-likeness (QED) is 0.768. The van der Waals surface area contributed by atoms with Gasteiger partial charge in [-0.2, -0.15) is 0 Å². The summed E-state index contributed by atoms with van der Waals surface area (Å²) in [6, 6.07) is 13.5. The molecule has 1 aliphatic rings. The maximum Gasteiger partial charge on any atom is 0.226 e. The van der Waals surface area contributed by atoms with Gasteiger partial charge in [-0.3, -0.25) is 9.59 Å². The minimum atomic E-state index is -0.186. The van der Waals surface area contributed by atoms with E-state index >= 15 is 0 Å². The van der Waals surface area contributed by atoms with Gasteiger partial charge in [-0.1, -0.05) is 18.2 Å². The number of benzene rings is 1. The Morgan fingerprint density at radius 1 is 1.12 bits per heavy atom. The molecule has 1 N–H and O–H groups in total. The number of fused-ring (bicyclic) bond motifs is 2. The van der Waals surface area contributed by atoms with Crippen LogP contribution in [-0.2, 0) is 22.6 Å². The Morgan fingerprint density at radius 3 is 2.92 bits per heavy atom. The molecule has 0 unspecified atom stereocenters. The lowest BCUT2D eigenvalue weighted by Crippen LogP contribution is -2.35. The second kappa shape index (κ2) is 7.25. The van der Waals surface area contributed by atoms with Crippen molar-refractivity contribution >= 4 is 39.9 Å². The van der Waals surface area contributed by atoms with Crippen LogP contribution in [0.25, 0.3) is 10.9 Å². The molecule has 0 saturated carbocycles. The fourth-order valence-electron chi connectivity index (χ4n) is 3.18. The van der Waals surface area contributed by atoms with E-state index in [1.54, 1.807) is 17.4 Å². The molecule has 1 aromatic carbocycles. The summed E-state index contributed by atoms with van der Waals surface area (Å²) in [6.45, 7) is 1.39. The normalized spacial score (nSPS) is 13.5. The number of carbonyl (C=O) groups is 2. The molecule has 0 radical (unpaired) electrons. The van der Waals surface area contributed by atoms with E-state index in [0.29, 0.717) is 12.4 Å². The summed E-state index contributed by atoms with van der Waals surface area (Å²) >= 11 is 1.75. The van der Waals surface area contributed by atoms with Crippen LogP contribution < -0.4 is 5.32 Å². The molecule has 0 aliphatic carbocycles. The van der Waals surface area contributed by atoms with Gasteiger partial charge >= 0.3 is 0 Å². The number of hydrogen-bond donors (Lipinski definition) is 1. The van der Waals surface area contributed by atoms with Crippen molar-refractivity contribution in [1.82, 2.24) is 9.88 Å². The van der Waals surface area contributed by atoms with Crippen molar-refractivity contribution in [2.24, 2.45) is 0 Å². The predicted octanol–water partition coefficient (Wildman–Crippen LogP) is 3.60. The van der Waals surface area contributed by atoms with Gasteiger partial charge < -0.3 is 10.2 Å². The lowest BCUT2D eigenvalue weighted by Gasteiger charge is -2.27. The van der Waals surface area contributed by atoms with Crippen molar-refractivity contribution in [1.29, 1.82) is 0 Å². The van der Waals surface area contributed by atoms with E-state index in [1.807, 2.05) is 35.2 Å². The zero-order valence-corrected chi connectivity index (χ0v) is 15.1. The topological polar surface area (TPSA) is 62.3 Å². The number of para-hydroxylation sites is 1. The molecule has 2 amide bonds. The largest absolute Gasteiger partial charge is 0.338 e. The third-order valence-corrected chi connectivity index (χ3v) is 5.62. The number of hydrogen-bond acceptors (Lipinski definition) is 4. The van der Waals surface area contributed by atoms with Crippen LogP contribution in [0.2, 0.25) is 0 Å². The number of thiophene rings is 1. The van der Waals surface area contributed by atoms with Gasteiger partial charge in [0, 0.05) is 36.2 Å². The molecule has 1 aliphatic heterocycles. The first kappa shape index (κ1) is 16.7. The Labute approximate surface area is 155 Å². The number of anilines is 1. The molecular weight excluding hydrogens is 346 g/mol. The second-order valence-corrected chi connectivity index (χ2v) is 7.37. The second-order valence-electron chi connectivity index (χ2n) is 6.37. The van der Waals surface area contributed by atoms with Gasteiger partial charge in [-0.25, -0.2) is 4.98 Å². The summed E-state index contributed by atoms with van der Waals surface area (Å²) in [4.78, 5) is 32.2. The number of aromatic nitrogens is 1. The standard InChI is InChI=1S/C20H19N3O2S/c24-19(22-18-6-5-14-3-1-2-4-16(14)21-18)7-8-20(25)23-11-9-17-15(13-23)10-12-26-17/h1-6,10,12H,7-9,11,13H2,(H,21,22,24). The van der Waals surface area contributed by atoms with Crippen LogP contribution in [0.5, 0.6) is 0 Å². The molecule has 0 fully saturated rings. The number of rotatable bonds is 4. The van der Waals surface area contributed by atoms with Crippen LogP contribution in [-0.4, -0.2) is 28.2 Å². The van der Waals surface area contributed by atoms with Crippen molar-refractivity contribution in [2.75, 3.05) is 11.9 Å². The number of carbonyl (C=O) groups excluding carboxylic acids is 2. The Balaban J connectivity index is 1.31. The molecule has 0 saturated heterocycles. The number of pyridine rings is 1. The van der Waals surface area contributed by atoms with E-state index in [4.69, 9.17) is 0 Å². The SMILES string of the molecule is O=C(CCC(=O)N1CCc2sccc2C1)Nc1ccc2ccccc2n1. The average molecular weight is 365 g/mol. The molecule has 3 heterocycles. The van der Waals surface area contributed by atoms with Crippen LogP contribution in [0.15, 0.2) is 47.8 Å². The molecule has 132 valence electrons. The van der Waals surface area contributed by atoms with Crippen molar-refractivity contribution in [3.8, 4) is 0 Å². The molecule has 2 aromatic heterocycles. The van der Waals surface area contributed by atoms with Crippen LogP contribution in [0.4, 0.5) is 5.82 Å². The summed E-state index contributed by atoms with van der Waals surface area (Å²) < 4.78 is 0. The van der Waals surface area contributed by atoms with Gasteiger partial charge in [0.2, 0.25) is 11.8 Å². The lowest BCUT2D eigenvalue weighted by atomic mass is 10.1. The first-order valence-electron chi connectivity index (χ1n) is 8.68. The van der Waals surface area contributed by atoms with E-state index in [-0.39, 0.29) is 24.7 Å². The molecule has 0 atom stereocenters. The molecular formula is C20H19N3O2S. The highest BCUT2D eigenvalue weighted by Gasteiger charge is 2.21. The highest BCUT2D eigenvalue weighted by molar-refractivity contribution is 7.10. The fraction of sp³-hybridized carbons (Fsp3) is 0.250. The predicted molar refractivity (Wildman–Crippen MR) is 103 cm³/mol. The van der Waals surface area contributed by atoms with Gasteiger partial charge in [0.25, 0.3) is 0 Å². The molecule has 0 bridgehead atoms. The van der Waals surface area contributed by atoms with Crippen molar-refractivity contribution in [2.45, 2.75) is 25.8 Å². The lowest BCUT2D eigenvalue weighted by molar-refractivity contribution is -0.133. The van der Waals surface area contributed by atoms with Gasteiger partial charge in [0.05, 0.1) is 5.52 Å². The van der Waals surface area contributed by atoms with Crippen LogP contribution in [0.3, 0.4) is 0 Å². The van der Waals surface area contributed by atoms with E-state index in [2.05, 4.69) is 21.7 Å². The van der Waals surface area contributed by atoms with Crippen molar-refractivity contribution < 1.29 is 9.59 Å². The van der Waals surface area contributed by atoms with E-state index < -0.39 is 0 Å². The van der Waals surface area contributed by atoms with Crippen molar-refractivity contribution in [3.05, 3.63) is 58.3 Å². The maximum absolute atomic E-state index is 12.4. The maximum atomic E-state index is 12.4. The first-order chi connectivity index (χ1) is 12.7. The fourth-order valence-corrected chi connectivity index (χ4v) is 4.07. The Hall–Kier alpha value is -2.73. The number of nitrogens with one attached hydrogen (secondary N) is 1. The van der Waals surface area contributed by atoms with E-state index in [1.165, 1.54) is 10.4 Å². The molecule has 0 spiro atoms. The molecule has 5 nitrogen and oxygen atoms in total. The molecule has 26 heavy (non-hydrogen) atoms. The van der Waals surface area contributed by atoms with Gasteiger partial charge in [-0.05, 0) is 41.6 Å². The van der Waals surface area contributed by atoms with E-state index in [9.17, 15) is 9.59 Å². The minimum absolute atomic E-state index is 0.0310. The highest BCUT2D eigenvalue weighted by atomic mass is 32.1. The zero-order chi connectivity index (χ0) is 17.9. The summed E-state index contributed by atoms with van der Waals surface area (Å²) in [6.07, 6.45) is 1.30. The molecule has 3 aromatic rings. The summed E-state index contributed by atoms with van der Waals surface area (Å²) in [5.41, 5.74) is 2.07. The van der Waals surface area contributed by atoms with Crippen LogP contribution >= 0.6 is 11.3 Å². The smallest absolute Gasteiger partial charge is 0.226 e.